The van der Waals surface area contributed by atoms with Gasteiger partial charge in [-0.15, -0.1) is 0 Å². The summed E-state index contributed by atoms with van der Waals surface area (Å²) in [6.45, 7) is 4.43. The highest BCUT2D eigenvalue weighted by Gasteiger charge is 2.34. The smallest absolute Gasteiger partial charge is 0.242 e. The first-order valence-corrected chi connectivity index (χ1v) is 10.2. The number of rotatable bonds is 6. The second-order valence-electron chi connectivity index (χ2n) is 8.01. The first kappa shape index (κ1) is 19.1. The monoisotopic (exact) mass is 387 g/mol. The van der Waals surface area contributed by atoms with Crippen molar-refractivity contribution in [3.05, 3.63) is 23.8 Å². The van der Waals surface area contributed by atoms with Gasteiger partial charge in [0.1, 0.15) is 13.2 Å². The van der Waals surface area contributed by atoms with Gasteiger partial charge >= 0.3 is 0 Å². The van der Waals surface area contributed by atoms with Gasteiger partial charge < -0.3 is 24.6 Å². The van der Waals surface area contributed by atoms with E-state index in [1.807, 2.05) is 23.1 Å². The number of nitrogens with zero attached hydrogens (tertiary/aromatic N) is 2. The maximum Gasteiger partial charge on any atom is 0.242 e. The van der Waals surface area contributed by atoms with Gasteiger partial charge in [-0.3, -0.25) is 9.59 Å². The number of amides is 2. The summed E-state index contributed by atoms with van der Waals surface area (Å²) in [5, 5.41) is 2.84. The van der Waals surface area contributed by atoms with Crippen molar-refractivity contribution in [1.29, 1.82) is 0 Å². The van der Waals surface area contributed by atoms with Crippen molar-refractivity contribution in [3.8, 4) is 11.5 Å². The molecule has 0 radical (unpaired) electrons. The quantitative estimate of drug-likeness (QED) is 0.795. The molecule has 3 aliphatic rings. The van der Waals surface area contributed by atoms with Gasteiger partial charge in [-0.2, -0.15) is 0 Å². The molecule has 28 heavy (non-hydrogen) atoms. The summed E-state index contributed by atoms with van der Waals surface area (Å²) < 4.78 is 11.3. The zero-order valence-corrected chi connectivity index (χ0v) is 16.5. The standard InChI is InChI=1S/C21H29N3O4/c1-23-6-8-24(9-7-23)21(26)14-22-20(25)13-17(15-2-3-15)16-4-5-18-19(12-16)28-11-10-27-18/h4-5,12,15,17H,2-3,6-11,13-14H2,1H3,(H,22,25). The molecule has 0 aromatic heterocycles. The van der Waals surface area contributed by atoms with E-state index in [0.717, 1.165) is 56.1 Å². The van der Waals surface area contributed by atoms with E-state index in [2.05, 4.69) is 17.3 Å². The Labute approximate surface area is 166 Å². The highest BCUT2D eigenvalue weighted by Crippen LogP contribution is 2.46. The molecule has 2 fully saturated rings. The molecule has 0 spiro atoms. The van der Waals surface area contributed by atoms with Crippen LogP contribution in [0.3, 0.4) is 0 Å². The summed E-state index contributed by atoms with van der Waals surface area (Å²) in [5.41, 5.74) is 1.12. The average molecular weight is 387 g/mol. The Morgan fingerprint density at radius 1 is 1.11 bits per heavy atom. The van der Waals surface area contributed by atoms with Crippen LogP contribution in [0.25, 0.3) is 0 Å². The van der Waals surface area contributed by atoms with Crippen LogP contribution in [0, 0.1) is 5.92 Å². The lowest BCUT2D eigenvalue weighted by Crippen LogP contribution is -2.50. The molecule has 4 rings (SSSR count). The zero-order chi connectivity index (χ0) is 19.5. The number of hydrogen-bond donors (Lipinski definition) is 1. The van der Waals surface area contributed by atoms with E-state index in [9.17, 15) is 9.59 Å². The van der Waals surface area contributed by atoms with Gasteiger partial charge in [0.15, 0.2) is 11.5 Å². The van der Waals surface area contributed by atoms with E-state index in [1.54, 1.807) is 0 Å². The fourth-order valence-corrected chi connectivity index (χ4v) is 3.96. The molecule has 7 heteroatoms. The summed E-state index contributed by atoms with van der Waals surface area (Å²) >= 11 is 0. The molecule has 7 nitrogen and oxygen atoms in total. The summed E-state index contributed by atoms with van der Waals surface area (Å²) in [5.74, 6) is 2.17. The van der Waals surface area contributed by atoms with Gasteiger partial charge in [-0.25, -0.2) is 0 Å². The number of hydrogen-bond acceptors (Lipinski definition) is 5. The minimum absolute atomic E-state index is 0.00347. The second-order valence-corrected chi connectivity index (χ2v) is 8.01. The lowest BCUT2D eigenvalue weighted by molar-refractivity contribution is -0.134. The highest BCUT2D eigenvalue weighted by atomic mass is 16.6. The normalized spacial score (nSPS) is 20.5. The van der Waals surface area contributed by atoms with Crippen LogP contribution >= 0.6 is 0 Å². The van der Waals surface area contributed by atoms with E-state index in [0.29, 0.717) is 25.6 Å². The minimum atomic E-state index is -0.0609. The molecule has 1 saturated heterocycles. The van der Waals surface area contributed by atoms with Gasteiger partial charge in [0, 0.05) is 32.6 Å². The topological polar surface area (TPSA) is 71.1 Å². The fraction of sp³-hybridized carbons (Fsp3) is 0.619. The van der Waals surface area contributed by atoms with E-state index < -0.39 is 0 Å². The lowest BCUT2D eigenvalue weighted by atomic mass is 9.90. The van der Waals surface area contributed by atoms with E-state index in [4.69, 9.17) is 9.47 Å². The molecule has 152 valence electrons. The van der Waals surface area contributed by atoms with Crippen LogP contribution in [-0.2, 0) is 9.59 Å². The maximum atomic E-state index is 12.5. The van der Waals surface area contributed by atoms with Crippen LogP contribution in [-0.4, -0.2) is 74.6 Å². The second kappa shape index (κ2) is 8.39. The highest BCUT2D eigenvalue weighted by molar-refractivity contribution is 5.85. The Morgan fingerprint density at radius 3 is 2.54 bits per heavy atom. The van der Waals surface area contributed by atoms with E-state index >= 15 is 0 Å². The van der Waals surface area contributed by atoms with Crippen LogP contribution in [0.4, 0.5) is 0 Å². The number of ether oxygens (including phenoxy) is 2. The summed E-state index contributed by atoms with van der Waals surface area (Å²) in [4.78, 5) is 28.9. The maximum absolute atomic E-state index is 12.5. The largest absolute Gasteiger partial charge is 0.486 e. The third kappa shape index (κ3) is 4.58. The molecular formula is C21H29N3O4. The fourth-order valence-electron chi connectivity index (χ4n) is 3.96. The molecule has 0 bridgehead atoms. The molecule has 2 heterocycles. The Bertz CT molecular complexity index is 726. The Morgan fingerprint density at radius 2 is 1.82 bits per heavy atom. The lowest BCUT2D eigenvalue weighted by Gasteiger charge is -2.32. The third-order valence-electron chi connectivity index (χ3n) is 5.88. The predicted octanol–water partition coefficient (Wildman–Crippen LogP) is 1.23. The number of nitrogens with one attached hydrogen (secondary N) is 1. The van der Waals surface area contributed by atoms with Gasteiger partial charge in [0.05, 0.1) is 6.54 Å². The van der Waals surface area contributed by atoms with Crippen LogP contribution in [0.5, 0.6) is 11.5 Å². The molecule has 1 aromatic rings. The molecule has 2 amide bonds. The Balaban J connectivity index is 1.32. The van der Waals surface area contributed by atoms with Crippen molar-refractivity contribution in [2.45, 2.75) is 25.2 Å². The van der Waals surface area contributed by atoms with Gasteiger partial charge in [0.2, 0.25) is 11.8 Å². The number of piperazine rings is 1. The molecule has 1 aromatic carbocycles. The van der Waals surface area contributed by atoms with E-state index in [-0.39, 0.29) is 24.3 Å². The van der Waals surface area contributed by atoms with Crippen LogP contribution in [0.2, 0.25) is 0 Å². The van der Waals surface area contributed by atoms with Gasteiger partial charge in [-0.1, -0.05) is 6.07 Å². The Kier molecular flexibility index (Phi) is 5.71. The minimum Gasteiger partial charge on any atom is -0.486 e. The van der Waals surface area contributed by atoms with Crippen molar-refractivity contribution in [2.24, 2.45) is 5.92 Å². The van der Waals surface area contributed by atoms with Crippen LogP contribution in [0.1, 0.15) is 30.7 Å². The van der Waals surface area contributed by atoms with Crippen molar-refractivity contribution in [1.82, 2.24) is 15.1 Å². The third-order valence-corrected chi connectivity index (χ3v) is 5.88. The number of carbonyl (C=O) groups excluding carboxylic acids is 2. The number of fused-ring (bicyclic) bond motifs is 1. The number of benzene rings is 1. The first-order valence-electron chi connectivity index (χ1n) is 10.2. The summed E-state index contributed by atoms with van der Waals surface area (Å²) in [6, 6.07) is 5.99. The molecule has 1 saturated carbocycles. The van der Waals surface area contributed by atoms with Crippen molar-refractivity contribution < 1.29 is 19.1 Å². The van der Waals surface area contributed by atoms with Crippen LogP contribution < -0.4 is 14.8 Å². The van der Waals surface area contributed by atoms with Gasteiger partial charge in [0.25, 0.3) is 0 Å². The predicted molar refractivity (Wildman–Crippen MR) is 105 cm³/mol. The van der Waals surface area contributed by atoms with Gasteiger partial charge in [-0.05, 0) is 49.4 Å². The first-order chi connectivity index (χ1) is 13.6. The molecule has 1 N–H and O–H groups in total. The van der Waals surface area contributed by atoms with E-state index in [1.165, 1.54) is 0 Å². The van der Waals surface area contributed by atoms with Crippen molar-refractivity contribution in [2.75, 3.05) is 53.0 Å². The number of likely N-dealkylation sites (N-methyl/N-ethyl adjacent to an activating group) is 1. The molecule has 2 aliphatic heterocycles. The molecule has 1 aliphatic carbocycles. The molecule has 1 atom stereocenters. The Hall–Kier alpha value is -2.28. The van der Waals surface area contributed by atoms with Crippen molar-refractivity contribution in [3.63, 3.8) is 0 Å². The summed E-state index contributed by atoms with van der Waals surface area (Å²) in [6.07, 6.45) is 2.69. The average Bonchev–Trinajstić information content (AvgIpc) is 3.55. The molecular weight excluding hydrogens is 358 g/mol. The number of carbonyl (C=O) groups is 2. The SMILES string of the molecule is CN1CCN(C(=O)CNC(=O)CC(c2ccc3c(c2)OCCO3)C2CC2)CC1. The summed E-state index contributed by atoms with van der Waals surface area (Å²) in [7, 11) is 2.06. The molecule has 1 unspecified atom stereocenters. The zero-order valence-electron chi connectivity index (χ0n) is 16.5. The van der Waals surface area contributed by atoms with Crippen LogP contribution in [0.15, 0.2) is 18.2 Å². The van der Waals surface area contributed by atoms with Crippen molar-refractivity contribution >= 4 is 11.8 Å².